The van der Waals surface area contributed by atoms with Crippen molar-refractivity contribution < 1.29 is 4.42 Å². The molecule has 0 radical (unpaired) electrons. The summed E-state index contributed by atoms with van der Waals surface area (Å²) in [5, 5.41) is 0. The normalized spacial score (nSPS) is 32.0. The minimum absolute atomic E-state index is 0.284. The maximum atomic E-state index is 5.65. The van der Waals surface area contributed by atoms with Crippen LogP contribution in [0.5, 0.6) is 0 Å². The predicted molar refractivity (Wildman–Crippen MR) is 65.4 cm³/mol. The smallest absolute Gasteiger partial charge is 0.107 e. The Bertz CT molecular complexity index is 424. The fraction of sp³-hybridized carbons (Fsp3) is 0.600. The summed E-state index contributed by atoms with van der Waals surface area (Å²) in [5.41, 5.74) is 3.17. The Morgan fingerprint density at radius 1 is 1.38 bits per heavy atom. The van der Waals surface area contributed by atoms with Crippen LogP contribution in [-0.2, 0) is 11.8 Å². The highest BCUT2D eigenvalue weighted by molar-refractivity contribution is 5.32. The number of furan rings is 1. The number of allylic oxidation sites excluding steroid dienone is 1. The fourth-order valence-corrected chi connectivity index (χ4v) is 3.89. The molecular formula is C15H20O. The van der Waals surface area contributed by atoms with E-state index in [1.54, 1.807) is 0 Å². The molecular weight excluding hydrogens is 196 g/mol. The molecule has 2 atom stereocenters. The highest BCUT2D eigenvalue weighted by Gasteiger charge is 2.44. The molecule has 1 heterocycles. The van der Waals surface area contributed by atoms with Crippen LogP contribution < -0.4 is 0 Å². The van der Waals surface area contributed by atoms with E-state index in [0.29, 0.717) is 0 Å². The maximum Gasteiger partial charge on any atom is 0.107 e. The molecule has 1 nitrogen and oxygen atoms in total. The monoisotopic (exact) mass is 216 g/mol. The van der Waals surface area contributed by atoms with E-state index in [1.807, 2.05) is 6.26 Å². The maximum absolute atomic E-state index is 5.65. The van der Waals surface area contributed by atoms with Gasteiger partial charge in [-0.2, -0.15) is 0 Å². The van der Waals surface area contributed by atoms with E-state index in [4.69, 9.17) is 4.42 Å². The van der Waals surface area contributed by atoms with Crippen molar-refractivity contribution in [3.05, 3.63) is 35.8 Å². The largest absolute Gasteiger partial charge is 0.469 e. The predicted octanol–water partition coefficient (Wildman–Crippen LogP) is 4.09. The average molecular weight is 216 g/mol. The van der Waals surface area contributed by atoms with Crippen LogP contribution in [0, 0.1) is 11.8 Å². The van der Waals surface area contributed by atoms with Gasteiger partial charge in [-0.05, 0) is 48.1 Å². The lowest BCUT2D eigenvalue weighted by atomic mass is 9.58. The van der Waals surface area contributed by atoms with Crippen molar-refractivity contribution in [3.8, 4) is 0 Å². The summed E-state index contributed by atoms with van der Waals surface area (Å²) in [6.07, 6.45) is 6.71. The molecule has 2 aliphatic rings. The second-order valence-electron chi connectivity index (χ2n) is 6.04. The summed E-state index contributed by atoms with van der Waals surface area (Å²) in [4.78, 5) is 0. The molecule has 1 saturated carbocycles. The molecule has 0 amide bonds. The molecule has 0 aromatic carbocycles. The van der Waals surface area contributed by atoms with Crippen LogP contribution in [0.15, 0.2) is 28.9 Å². The van der Waals surface area contributed by atoms with E-state index in [9.17, 15) is 0 Å². The minimum atomic E-state index is 0.284. The van der Waals surface area contributed by atoms with Crippen molar-refractivity contribution in [2.75, 3.05) is 0 Å². The van der Waals surface area contributed by atoms with Gasteiger partial charge in [0, 0.05) is 6.42 Å². The topological polar surface area (TPSA) is 13.1 Å². The van der Waals surface area contributed by atoms with Gasteiger partial charge < -0.3 is 4.42 Å². The van der Waals surface area contributed by atoms with Gasteiger partial charge in [-0.25, -0.2) is 0 Å². The molecule has 0 saturated heterocycles. The molecule has 0 aliphatic heterocycles. The van der Waals surface area contributed by atoms with Gasteiger partial charge in [0.1, 0.15) is 5.76 Å². The molecule has 0 spiro atoms. The van der Waals surface area contributed by atoms with Crippen LogP contribution >= 0.6 is 0 Å². The van der Waals surface area contributed by atoms with Gasteiger partial charge in [-0.1, -0.05) is 26.0 Å². The van der Waals surface area contributed by atoms with Crippen LogP contribution in [0.25, 0.3) is 0 Å². The number of hydrogen-bond acceptors (Lipinski definition) is 1. The summed E-state index contributed by atoms with van der Waals surface area (Å²) in [6.45, 7) is 8.93. The first-order valence-corrected chi connectivity index (χ1v) is 6.32. The van der Waals surface area contributed by atoms with E-state index < -0.39 is 0 Å². The van der Waals surface area contributed by atoms with E-state index in [2.05, 4.69) is 26.5 Å². The van der Waals surface area contributed by atoms with Crippen LogP contribution in [0.3, 0.4) is 0 Å². The lowest BCUT2D eigenvalue weighted by molar-refractivity contribution is 0.146. The van der Waals surface area contributed by atoms with Crippen molar-refractivity contribution in [2.24, 2.45) is 11.8 Å². The molecule has 1 aromatic heterocycles. The molecule has 16 heavy (non-hydrogen) atoms. The Morgan fingerprint density at radius 2 is 2.19 bits per heavy atom. The van der Waals surface area contributed by atoms with E-state index in [0.717, 1.165) is 18.3 Å². The van der Waals surface area contributed by atoms with E-state index >= 15 is 0 Å². The zero-order valence-corrected chi connectivity index (χ0v) is 10.3. The third-order valence-corrected chi connectivity index (χ3v) is 4.74. The summed E-state index contributed by atoms with van der Waals surface area (Å²) in [5.74, 6) is 2.79. The van der Waals surface area contributed by atoms with Crippen molar-refractivity contribution >= 4 is 0 Å². The number of fused-ring (bicyclic) bond motifs is 2. The highest BCUT2D eigenvalue weighted by Crippen LogP contribution is 2.51. The third kappa shape index (κ3) is 1.30. The van der Waals surface area contributed by atoms with Crippen molar-refractivity contribution in [1.29, 1.82) is 0 Å². The van der Waals surface area contributed by atoms with Gasteiger partial charge in [0.15, 0.2) is 0 Å². The summed E-state index contributed by atoms with van der Waals surface area (Å²) in [7, 11) is 0. The molecule has 1 fully saturated rings. The van der Waals surface area contributed by atoms with Gasteiger partial charge in [0.05, 0.1) is 6.26 Å². The van der Waals surface area contributed by atoms with Crippen LogP contribution in [0.2, 0.25) is 0 Å². The first-order chi connectivity index (χ1) is 7.59. The molecule has 1 aromatic rings. The van der Waals surface area contributed by atoms with E-state index in [-0.39, 0.29) is 5.41 Å². The molecule has 2 aliphatic carbocycles. The highest BCUT2D eigenvalue weighted by atomic mass is 16.3. The van der Waals surface area contributed by atoms with Gasteiger partial charge in [-0.15, -0.1) is 0 Å². The second-order valence-corrected chi connectivity index (χ2v) is 6.04. The van der Waals surface area contributed by atoms with Crippen LogP contribution in [0.1, 0.15) is 44.4 Å². The number of rotatable bonds is 0. The Morgan fingerprint density at radius 3 is 3.00 bits per heavy atom. The van der Waals surface area contributed by atoms with E-state index in [1.165, 1.54) is 36.2 Å². The molecule has 0 N–H and O–H groups in total. The average Bonchev–Trinajstić information content (AvgIpc) is 2.65. The summed E-state index contributed by atoms with van der Waals surface area (Å²) in [6, 6.07) is 2.18. The molecule has 3 rings (SSSR count). The third-order valence-electron chi connectivity index (χ3n) is 4.74. The summed E-state index contributed by atoms with van der Waals surface area (Å²) >= 11 is 0. The molecule has 0 bridgehead atoms. The van der Waals surface area contributed by atoms with Gasteiger partial charge in [0.2, 0.25) is 0 Å². The Balaban J connectivity index is 2.03. The molecule has 0 unspecified atom stereocenters. The first kappa shape index (κ1) is 10.2. The SMILES string of the molecule is C=C1CC[C@@H]2[C@@H](C1)Cc1occc1C2(C)C. The van der Waals surface area contributed by atoms with Gasteiger partial charge in [0.25, 0.3) is 0 Å². The number of hydrogen-bond donors (Lipinski definition) is 0. The zero-order valence-electron chi connectivity index (χ0n) is 10.3. The second kappa shape index (κ2) is 3.26. The quantitative estimate of drug-likeness (QED) is 0.595. The summed E-state index contributed by atoms with van der Waals surface area (Å²) < 4.78 is 5.65. The lowest BCUT2D eigenvalue weighted by Crippen LogP contribution is -2.41. The molecule has 86 valence electrons. The standard InChI is InChI=1S/C15H20O/c1-10-4-5-12-11(8-10)9-14-13(6-7-16-14)15(12,2)3/h6-7,11-12H,1,4-5,8-9H2,2-3H3/t11-,12+/m0/s1. The Labute approximate surface area is 97.5 Å². The van der Waals surface area contributed by atoms with Crippen molar-refractivity contribution in [1.82, 2.24) is 0 Å². The van der Waals surface area contributed by atoms with Crippen molar-refractivity contribution in [3.63, 3.8) is 0 Å². The fourth-order valence-electron chi connectivity index (χ4n) is 3.89. The van der Waals surface area contributed by atoms with Crippen LogP contribution in [0.4, 0.5) is 0 Å². The Hall–Kier alpha value is -0.980. The van der Waals surface area contributed by atoms with Gasteiger partial charge in [-0.3, -0.25) is 0 Å². The van der Waals surface area contributed by atoms with Crippen LogP contribution in [-0.4, -0.2) is 0 Å². The minimum Gasteiger partial charge on any atom is -0.469 e. The lowest BCUT2D eigenvalue weighted by Gasteiger charge is -2.46. The Kier molecular flexibility index (Phi) is 2.07. The van der Waals surface area contributed by atoms with Gasteiger partial charge >= 0.3 is 0 Å². The van der Waals surface area contributed by atoms with Crippen molar-refractivity contribution in [2.45, 2.75) is 44.9 Å². The zero-order chi connectivity index (χ0) is 11.3. The first-order valence-electron chi connectivity index (χ1n) is 6.32. The molecule has 1 heteroatoms.